The zero-order valence-electron chi connectivity index (χ0n) is 10.5. The SMILES string of the molecule is ClCCc1nc2cc(Br)cnc2n1CC1CCSC1. The van der Waals surface area contributed by atoms with Crippen LogP contribution in [0.25, 0.3) is 11.2 Å². The molecule has 0 spiro atoms. The number of hydrogen-bond donors (Lipinski definition) is 0. The summed E-state index contributed by atoms with van der Waals surface area (Å²) in [6.45, 7) is 1.02. The van der Waals surface area contributed by atoms with Gasteiger partial charge in [0, 0.05) is 29.5 Å². The van der Waals surface area contributed by atoms with Gasteiger partial charge in [-0.25, -0.2) is 9.97 Å². The first-order chi connectivity index (χ1) is 9.28. The Labute approximate surface area is 130 Å². The molecule has 1 fully saturated rings. The third-order valence-electron chi connectivity index (χ3n) is 3.41. The molecule has 102 valence electrons. The predicted molar refractivity (Wildman–Crippen MR) is 85.1 cm³/mol. The van der Waals surface area contributed by atoms with E-state index in [2.05, 4.69) is 30.5 Å². The van der Waals surface area contributed by atoms with E-state index >= 15 is 0 Å². The number of hydrogen-bond acceptors (Lipinski definition) is 3. The van der Waals surface area contributed by atoms with Gasteiger partial charge >= 0.3 is 0 Å². The maximum Gasteiger partial charge on any atom is 0.160 e. The number of nitrogens with zero attached hydrogens (tertiary/aromatic N) is 3. The molecule has 6 heteroatoms. The molecule has 1 unspecified atom stereocenters. The molecule has 2 aromatic heterocycles. The van der Waals surface area contributed by atoms with Gasteiger partial charge in [-0.3, -0.25) is 0 Å². The van der Waals surface area contributed by atoms with Gasteiger partial charge in [-0.15, -0.1) is 11.6 Å². The fourth-order valence-corrected chi connectivity index (χ4v) is 4.25. The average Bonchev–Trinajstić information content (AvgIpc) is 2.99. The van der Waals surface area contributed by atoms with Crippen molar-refractivity contribution in [3.63, 3.8) is 0 Å². The Balaban J connectivity index is 2.00. The molecular formula is C13H15BrClN3S. The van der Waals surface area contributed by atoms with E-state index < -0.39 is 0 Å². The highest BCUT2D eigenvalue weighted by Crippen LogP contribution is 2.27. The van der Waals surface area contributed by atoms with Crippen molar-refractivity contribution in [2.45, 2.75) is 19.4 Å². The van der Waals surface area contributed by atoms with Crippen LogP contribution in [0.1, 0.15) is 12.2 Å². The van der Waals surface area contributed by atoms with Crippen LogP contribution in [0.3, 0.4) is 0 Å². The van der Waals surface area contributed by atoms with E-state index in [1.165, 1.54) is 17.9 Å². The highest BCUT2D eigenvalue weighted by Gasteiger charge is 2.20. The molecule has 0 radical (unpaired) electrons. The number of alkyl halides is 1. The van der Waals surface area contributed by atoms with Crippen molar-refractivity contribution in [3.05, 3.63) is 22.6 Å². The molecule has 1 aliphatic heterocycles. The number of halogens is 2. The van der Waals surface area contributed by atoms with Gasteiger partial charge in [-0.2, -0.15) is 11.8 Å². The van der Waals surface area contributed by atoms with Crippen LogP contribution in [-0.2, 0) is 13.0 Å². The third kappa shape index (κ3) is 2.93. The first-order valence-electron chi connectivity index (χ1n) is 6.42. The van der Waals surface area contributed by atoms with Crippen LogP contribution in [0.2, 0.25) is 0 Å². The molecule has 1 aliphatic rings. The molecule has 3 rings (SSSR count). The minimum Gasteiger partial charge on any atom is -0.312 e. The summed E-state index contributed by atoms with van der Waals surface area (Å²) < 4.78 is 3.24. The van der Waals surface area contributed by atoms with Gasteiger partial charge in [-0.1, -0.05) is 0 Å². The predicted octanol–water partition coefficient (Wildman–Crippen LogP) is 3.73. The summed E-state index contributed by atoms with van der Waals surface area (Å²) in [4.78, 5) is 9.21. The Kier molecular flexibility index (Phi) is 4.34. The number of rotatable bonds is 4. The van der Waals surface area contributed by atoms with E-state index in [4.69, 9.17) is 11.6 Å². The van der Waals surface area contributed by atoms with Gasteiger partial charge in [0.2, 0.25) is 0 Å². The normalized spacial score (nSPS) is 19.4. The summed E-state index contributed by atoms with van der Waals surface area (Å²) >= 11 is 11.4. The molecule has 1 atom stereocenters. The largest absolute Gasteiger partial charge is 0.312 e. The Morgan fingerprint density at radius 3 is 3.16 bits per heavy atom. The third-order valence-corrected chi connectivity index (χ3v) is 5.27. The van der Waals surface area contributed by atoms with Crippen LogP contribution >= 0.6 is 39.3 Å². The molecule has 0 saturated carbocycles. The second kappa shape index (κ2) is 6.02. The summed E-state index contributed by atoms with van der Waals surface area (Å²) in [6.07, 6.45) is 3.94. The average molecular weight is 361 g/mol. The quantitative estimate of drug-likeness (QED) is 0.778. The Bertz CT molecular complexity index is 581. The van der Waals surface area contributed by atoms with Crippen molar-refractivity contribution < 1.29 is 0 Å². The van der Waals surface area contributed by atoms with Crippen molar-refractivity contribution in [2.24, 2.45) is 5.92 Å². The van der Waals surface area contributed by atoms with Crippen LogP contribution in [0.4, 0.5) is 0 Å². The van der Waals surface area contributed by atoms with Crippen molar-refractivity contribution in [1.82, 2.24) is 14.5 Å². The van der Waals surface area contributed by atoms with E-state index in [1.54, 1.807) is 0 Å². The van der Waals surface area contributed by atoms with E-state index in [0.717, 1.165) is 40.3 Å². The van der Waals surface area contributed by atoms with Crippen LogP contribution < -0.4 is 0 Å². The van der Waals surface area contributed by atoms with Crippen LogP contribution in [0, 0.1) is 5.92 Å². The molecular weight excluding hydrogens is 346 g/mol. The molecule has 2 aromatic rings. The number of fused-ring (bicyclic) bond motifs is 1. The first-order valence-corrected chi connectivity index (χ1v) is 8.90. The molecule has 0 aliphatic carbocycles. The molecule has 1 saturated heterocycles. The van der Waals surface area contributed by atoms with Crippen LogP contribution in [0.15, 0.2) is 16.7 Å². The van der Waals surface area contributed by atoms with E-state index in [-0.39, 0.29) is 0 Å². The van der Waals surface area contributed by atoms with Gasteiger partial charge in [0.1, 0.15) is 11.3 Å². The number of aromatic nitrogens is 3. The zero-order valence-corrected chi connectivity index (χ0v) is 13.6. The van der Waals surface area contributed by atoms with E-state index in [9.17, 15) is 0 Å². The van der Waals surface area contributed by atoms with Crippen molar-refractivity contribution in [1.29, 1.82) is 0 Å². The molecule has 3 nitrogen and oxygen atoms in total. The Morgan fingerprint density at radius 1 is 1.53 bits per heavy atom. The highest BCUT2D eigenvalue weighted by molar-refractivity contribution is 9.10. The minimum absolute atomic E-state index is 0.601. The molecule has 0 N–H and O–H groups in total. The molecule has 0 bridgehead atoms. The van der Waals surface area contributed by atoms with Gasteiger partial charge in [-0.05, 0) is 45.8 Å². The highest BCUT2D eigenvalue weighted by atomic mass is 79.9. The second-order valence-electron chi connectivity index (χ2n) is 4.80. The summed E-state index contributed by atoms with van der Waals surface area (Å²) in [5.41, 5.74) is 1.94. The monoisotopic (exact) mass is 359 g/mol. The van der Waals surface area contributed by atoms with E-state index in [0.29, 0.717) is 5.88 Å². The number of aryl methyl sites for hydroxylation is 1. The number of thioether (sulfide) groups is 1. The molecule has 0 aromatic carbocycles. The summed E-state index contributed by atoms with van der Waals surface area (Å²) in [6, 6.07) is 2.03. The lowest BCUT2D eigenvalue weighted by molar-refractivity contribution is 0.488. The summed E-state index contributed by atoms with van der Waals surface area (Å²) in [5, 5.41) is 0. The summed E-state index contributed by atoms with van der Waals surface area (Å²) in [5.74, 6) is 4.93. The van der Waals surface area contributed by atoms with Gasteiger partial charge in [0.05, 0.1) is 0 Å². The Hall–Kier alpha value is -0.260. The van der Waals surface area contributed by atoms with Crippen molar-refractivity contribution in [3.8, 4) is 0 Å². The Morgan fingerprint density at radius 2 is 2.42 bits per heavy atom. The molecule has 0 amide bonds. The van der Waals surface area contributed by atoms with Crippen LogP contribution in [0.5, 0.6) is 0 Å². The van der Waals surface area contributed by atoms with Gasteiger partial charge < -0.3 is 4.57 Å². The number of imidazole rings is 1. The van der Waals surface area contributed by atoms with Crippen molar-refractivity contribution >= 4 is 50.5 Å². The molecule has 3 heterocycles. The zero-order chi connectivity index (χ0) is 13.2. The van der Waals surface area contributed by atoms with Gasteiger partial charge in [0.15, 0.2) is 5.65 Å². The fourth-order valence-electron chi connectivity index (χ4n) is 2.49. The minimum atomic E-state index is 0.601. The maximum atomic E-state index is 5.90. The first kappa shape index (κ1) is 13.7. The standard InChI is InChI=1S/C13H15BrClN3S/c14-10-5-11-13(16-6-10)18(12(17-11)1-3-15)7-9-2-4-19-8-9/h5-6,9H,1-4,7-8H2. The van der Waals surface area contributed by atoms with Gasteiger partial charge in [0.25, 0.3) is 0 Å². The number of pyridine rings is 1. The van der Waals surface area contributed by atoms with Crippen LogP contribution in [-0.4, -0.2) is 31.9 Å². The smallest absolute Gasteiger partial charge is 0.160 e. The fraction of sp³-hybridized carbons (Fsp3) is 0.538. The van der Waals surface area contributed by atoms with Crippen molar-refractivity contribution in [2.75, 3.05) is 17.4 Å². The summed E-state index contributed by atoms with van der Waals surface area (Å²) in [7, 11) is 0. The molecule has 19 heavy (non-hydrogen) atoms. The van der Waals surface area contributed by atoms with E-state index in [1.807, 2.05) is 24.0 Å². The topological polar surface area (TPSA) is 30.7 Å². The maximum absolute atomic E-state index is 5.90. The second-order valence-corrected chi connectivity index (χ2v) is 7.25. The lowest BCUT2D eigenvalue weighted by Gasteiger charge is -2.12. The lowest BCUT2D eigenvalue weighted by Crippen LogP contribution is -2.13. The lowest BCUT2D eigenvalue weighted by atomic mass is 10.1.